The molecule has 0 aliphatic heterocycles. The summed E-state index contributed by atoms with van der Waals surface area (Å²) in [6.45, 7) is 2.91. The number of primary amides is 1. The van der Waals surface area contributed by atoms with E-state index in [1.54, 1.807) is 7.11 Å². The molecule has 0 aromatic heterocycles. The molecule has 1 aliphatic carbocycles. The molecule has 2 rings (SSSR count). The van der Waals surface area contributed by atoms with Crippen LogP contribution in [0.25, 0.3) is 0 Å². The van der Waals surface area contributed by atoms with Gasteiger partial charge in [-0.3, -0.25) is 4.79 Å². The molecule has 1 atom stereocenters. The van der Waals surface area contributed by atoms with Crippen LogP contribution in [0, 0.1) is 5.92 Å². The van der Waals surface area contributed by atoms with E-state index in [1.165, 1.54) is 0 Å². The molecule has 20 heavy (non-hydrogen) atoms. The van der Waals surface area contributed by atoms with E-state index in [2.05, 4.69) is 5.32 Å². The van der Waals surface area contributed by atoms with Gasteiger partial charge in [0.1, 0.15) is 23.6 Å². The molecule has 1 aromatic rings. The summed E-state index contributed by atoms with van der Waals surface area (Å²) in [5.74, 6) is 1.41. The van der Waals surface area contributed by atoms with Gasteiger partial charge in [0.25, 0.3) is 0 Å². The molecule has 1 fully saturated rings. The molecule has 1 aliphatic rings. The molecule has 1 unspecified atom stereocenters. The number of likely N-dealkylation sites (N-methyl/N-ethyl adjacent to an activating group) is 1. The van der Waals surface area contributed by atoms with Gasteiger partial charge in [0.2, 0.25) is 5.91 Å². The predicted octanol–water partition coefficient (Wildman–Crippen LogP) is 1.32. The second-order valence-electron chi connectivity index (χ2n) is 5.10. The highest BCUT2D eigenvalue weighted by molar-refractivity contribution is 5.85. The molecular formula is C15H22N2O3. The Bertz CT molecular complexity index is 457. The summed E-state index contributed by atoms with van der Waals surface area (Å²) in [7, 11) is 1.62. The number of ether oxygens (including phenoxy) is 2. The van der Waals surface area contributed by atoms with E-state index in [9.17, 15) is 4.79 Å². The fourth-order valence-electron chi connectivity index (χ4n) is 2.43. The Morgan fingerprint density at radius 1 is 1.35 bits per heavy atom. The van der Waals surface area contributed by atoms with Crippen molar-refractivity contribution in [3.05, 3.63) is 24.3 Å². The fourth-order valence-corrected chi connectivity index (χ4v) is 2.43. The minimum absolute atomic E-state index is 0.257. The molecule has 0 spiro atoms. The van der Waals surface area contributed by atoms with Crippen LogP contribution in [-0.4, -0.2) is 31.7 Å². The summed E-state index contributed by atoms with van der Waals surface area (Å²) in [4.78, 5) is 11.9. The quantitative estimate of drug-likeness (QED) is 0.752. The Kier molecular flexibility index (Phi) is 4.49. The lowest BCUT2D eigenvalue weighted by Gasteiger charge is -2.31. The average Bonchev–Trinajstić information content (AvgIpc) is 3.28. The smallest absolute Gasteiger partial charge is 0.241 e. The zero-order valence-electron chi connectivity index (χ0n) is 12.0. The van der Waals surface area contributed by atoms with Crippen molar-refractivity contribution >= 4 is 5.91 Å². The van der Waals surface area contributed by atoms with E-state index < -0.39 is 5.54 Å². The van der Waals surface area contributed by atoms with Gasteiger partial charge in [-0.25, -0.2) is 0 Å². The van der Waals surface area contributed by atoms with E-state index in [4.69, 9.17) is 15.2 Å². The Balaban J connectivity index is 2.05. The first-order chi connectivity index (χ1) is 9.62. The number of hydrogen-bond donors (Lipinski definition) is 2. The number of carbonyl (C=O) groups excluding carboxylic acids is 1. The second kappa shape index (κ2) is 6.13. The largest absolute Gasteiger partial charge is 0.497 e. The second-order valence-corrected chi connectivity index (χ2v) is 5.10. The van der Waals surface area contributed by atoms with Gasteiger partial charge in [-0.2, -0.15) is 0 Å². The highest BCUT2D eigenvalue weighted by Crippen LogP contribution is 2.40. The topological polar surface area (TPSA) is 73.6 Å². The van der Waals surface area contributed by atoms with Gasteiger partial charge in [0.15, 0.2) is 0 Å². The number of carbonyl (C=O) groups is 1. The van der Waals surface area contributed by atoms with Crippen molar-refractivity contribution in [1.29, 1.82) is 0 Å². The maximum atomic E-state index is 11.9. The molecule has 0 radical (unpaired) electrons. The van der Waals surface area contributed by atoms with Gasteiger partial charge in [-0.15, -0.1) is 0 Å². The van der Waals surface area contributed by atoms with Crippen molar-refractivity contribution in [2.75, 3.05) is 20.3 Å². The highest BCUT2D eigenvalue weighted by Gasteiger charge is 2.50. The highest BCUT2D eigenvalue weighted by atomic mass is 16.5. The van der Waals surface area contributed by atoms with Crippen LogP contribution >= 0.6 is 0 Å². The van der Waals surface area contributed by atoms with Crippen molar-refractivity contribution in [3.8, 4) is 11.5 Å². The number of rotatable bonds is 8. The SMILES string of the molecule is CCNC(COc1ccc(OC)cc1)(C(N)=O)C1CC1. The number of benzene rings is 1. The van der Waals surface area contributed by atoms with Gasteiger partial charge in [0, 0.05) is 0 Å². The number of nitrogens with one attached hydrogen (secondary N) is 1. The summed E-state index contributed by atoms with van der Waals surface area (Å²) in [5, 5.41) is 3.23. The zero-order valence-corrected chi connectivity index (χ0v) is 12.0. The van der Waals surface area contributed by atoms with Crippen molar-refractivity contribution in [1.82, 2.24) is 5.32 Å². The third kappa shape index (κ3) is 3.04. The Morgan fingerprint density at radius 2 is 1.95 bits per heavy atom. The predicted molar refractivity (Wildman–Crippen MR) is 76.8 cm³/mol. The Labute approximate surface area is 119 Å². The van der Waals surface area contributed by atoms with Crippen LogP contribution in [0.2, 0.25) is 0 Å². The van der Waals surface area contributed by atoms with Crippen LogP contribution in [-0.2, 0) is 4.79 Å². The molecule has 0 bridgehead atoms. The average molecular weight is 278 g/mol. The zero-order chi connectivity index (χ0) is 14.6. The van der Waals surface area contributed by atoms with Crippen LogP contribution in [0.4, 0.5) is 0 Å². The van der Waals surface area contributed by atoms with Crippen molar-refractivity contribution in [2.45, 2.75) is 25.3 Å². The minimum Gasteiger partial charge on any atom is -0.497 e. The first-order valence-corrected chi connectivity index (χ1v) is 6.94. The van der Waals surface area contributed by atoms with Crippen LogP contribution in [0.5, 0.6) is 11.5 Å². The first kappa shape index (κ1) is 14.7. The molecule has 110 valence electrons. The van der Waals surface area contributed by atoms with Crippen LogP contribution < -0.4 is 20.5 Å². The number of methoxy groups -OCH3 is 1. The van der Waals surface area contributed by atoms with Crippen molar-refractivity contribution < 1.29 is 14.3 Å². The lowest BCUT2D eigenvalue weighted by Crippen LogP contribution is -2.61. The molecule has 0 heterocycles. The fraction of sp³-hybridized carbons (Fsp3) is 0.533. The summed E-state index contributed by atoms with van der Waals surface area (Å²) in [6, 6.07) is 7.30. The molecule has 3 N–H and O–H groups in total. The van der Waals surface area contributed by atoms with E-state index in [1.807, 2.05) is 31.2 Å². The summed E-state index contributed by atoms with van der Waals surface area (Å²) < 4.78 is 10.9. The minimum atomic E-state index is -0.755. The van der Waals surface area contributed by atoms with E-state index in [0.717, 1.165) is 18.6 Å². The van der Waals surface area contributed by atoms with E-state index >= 15 is 0 Å². The normalized spacial score (nSPS) is 17.3. The number of nitrogens with two attached hydrogens (primary N) is 1. The molecular weight excluding hydrogens is 256 g/mol. The lowest BCUT2D eigenvalue weighted by atomic mass is 9.93. The molecule has 1 amide bonds. The van der Waals surface area contributed by atoms with Gasteiger partial charge >= 0.3 is 0 Å². The Morgan fingerprint density at radius 3 is 2.40 bits per heavy atom. The first-order valence-electron chi connectivity index (χ1n) is 6.94. The number of amides is 1. The lowest BCUT2D eigenvalue weighted by molar-refractivity contribution is -0.126. The van der Waals surface area contributed by atoms with Gasteiger partial charge in [0.05, 0.1) is 7.11 Å². The van der Waals surface area contributed by atoms with Gasteiger partial charge in [-0.05, 0) is 49.6 Å². The van der Waals surface area contributed by atoms with Crippen LogP contribution in [0.1, 0.15) is 19.8 Å². The summed E-state index contributed by atoms with van der Waals surface area (Å²) >= 11 is 0. The van der Waals surface area contributed by atoms with E-state index in [0.29, 0.717) is 12.3 Å². The third-order valence-electron chi connectivity index (χ3n) is 3.73. The molecule has 1 saturated carbocycles. The number of hydrogen-bond acceptors (Lipinski definition) is 4. The molecule has 5 nitrogen and oxygen atoms in total. The van der Waals surface area contributed by atoms with Gasteiger partial charge in [-0.1, -0.05) is 6.92 Å². The summed E-state index contributed by atoms with van der Waals surface area (Å²) in [6.07, 6.45) is 2.03. The van der Waals surface area contributed by atoms with E-state index in [-0.39, 0.29) is 18.4 Å². The van der Waals surface area contributed by atoms with Gasteiger partial charge < -0.3 is 20.5 Å². The Hall–Kier alpha value is -1.75. The monoisotopic (exact) mass is 278 g/mol. The van der Waals surface area contributed by atoms with Crippen LogP contribution in [0.15, 0.2) is 24.3 Å². The summed E-state index contributed by atoms with van der Waals surface area (Å²) in [5.41, 5.74) is 4.85. The van der Waals surface area contributed by atoms with Crippen molar-refractivity contribution in [2.24, 2.45) is 11.7 Å². The molecule has 5 heteroatoms. The van der Waals surface area contributed by atoms with Crippen LogP contribution in [0.3, 0.4) is 0 Å². The standard InChI is InChI=1S/C15H22N2O3/c1-3-17-15(14(16)18,11-4-5-11)10-20-13-8-6-12(19-2)7-9-13/h6-9,11,17H,3-5,10H2,1-2H3,(H2,16,18). The maximum Gasteiger partial charge on any atom is 0.241 e. The molecule has 0 saturated heterocycles. The van der Waals surface area contributed by atoms with Crippen molar-refractivity contribution in [3.63, 3.8) is 0 Å². The third-order valence-corrected chi connectivity index (χ3v) is 3.73. The molecule has 1 aromatic carbocycles. The maximum absolute atomic E-state index is 11.9.